The molecule has 1 unspecified atom stereocenters. The maximum absolute atomic E-state index is 5.63. The SMILES string of the molecule is CNC(C)c1ccc(OCc2ccccc2)nc1. The molecule has 2 aromatic rings. The average molecular weight is 242 g/mol. The number of ether oxygens (including phenoxy) is 1. The van der Waals surface area contributed by atoms with Crippen LogP contribution >= 0.6 is 0 Å². The standard InChI is InChI=1S/C15H18N2O/c1-12(16-2)14-8-9-15(17-10-14)18-11-13-6-4-3-5-7-13/h3-10,12,16H,11H2,1-2H3. The van der Waals surface area contributed by atoms with Gasteiger partial charge in [-0.2, -0.15) is 0 Å². The summed E-state index contributed by atoms with van der Waals surface area (Å²) < 4.78 is 5.63. The Morgan fingerprint density at radius 1 is 1.17 bits per heavy atom. The second kappa shape index (κ2) is 6.17. The van der Waals surface area contributed by atoms with Crippen LogP contribution < -0.4 is 10.1 Å². The van der Waals surface area contributed by atoms with Crippen molar-refractivity contribution in [2.45, 2.75) is 19.6 Å². The van der Waals surface area contributed by atoms with E-state index in [-0.39, 0.29) is 0 Å². The van der Waals surface area contributed by atoms with E-state index in [0.29, 0.717) is 18.5 Å². The van der Waals surface area contributed by atoms with Crippen LogP contribution in [0.1, 0.15) is 24.1 Å². The average Bonchev–Trinajstić information content (AvgIpc) is 2.46. The van der Waals surface area contributed by atoms with Gasteiger partial charge < -0.3 is 10.1 Å². The highest BCUT2D eigenvalue weighted by molar-refractivity contribution is 5.21. The fraction of sp³-hybridized carbons (Fsp3) is 0.267. The first-order chi connectivity index (χ1) is 8.79. The van der Waals surface area contributed by atoms with Crippen LogP contribution in [0.2, 0.25) is 0 Å². The third-order valence-electron chi connectivity index (χ3n) is 2.92. The van der Waals surface area contributed by atoms with Crippen molar-refractivity contribution < 1.29 is 4.74 Å². The van der Waals surface area contributed by atoms with E-state index in [2.05, 4.69) is 17.2 Å². The van der Waals surface area contributed by atoms with E-state index in [9.17, 15) is 0 Å². The quantitative estimate of drug-likeness (QED) is 0.875. The van der Waals surface area contributed by atoms with Crippen molar-refractivity contribution in [1.29, 1.82) is 0 Å². The Labute approximate surface area is 108 Å². The van der Waals surface area contributed by atoms with E-state index >= 15 is 0 Å². The second-order valence-electron chi connectivity index (χ2n) is 4.21. The Morgan fingerprint density at radius 3 is 2.56 bits per heavy atom. The molecule has 1 N–H and O–H groups in total. The van der Waals surface area contributed by atoms with E-state index < -0.39 is 0 Å². The van der Waals surface area contributed by atoms with Gasteiger partial charge in [-0.15, -0.1) is 0 Å². The molecule has 0 saturated heterocycles. The molecule has 0 aliphatic carbocycles. The highest BCUT2D eigenvalue weighted by atomic mass is 16.5. The Morgan fingerprint density at radius 2 is 1.94 bits per heavy atom. The molecule has 0 radical (unpaired) electrons. The third kappa shape index (κ3) is 3.31. The lowest BCUT2D eigenvalue weighted by atomic mass is 10.1. The number of nitrogens with one attached hydrogen (secondary N) is 1. The number of hydrogen-bond donors (Lipinski definition) is 1. The van der Waals surface area contributed by atoms with Gasteiger partial charge >= 0.3 is 0 Å². The van der Waals surface area contributed by atoms with Gasteiger partial charge in [-0.05, 0) is 25.1 Å². The molecule has 1 aromatic heterocycles. The molecule has 18 heavy (non-hydrogen) atoms. The maximum Gasteiger partial charge on any atom is 0.213 e. The predicted octanol–water partition coefficient (Wildman–Crippen LogP) is 2.94. The van der Waals surface area contributed by atoms with Crippen molar-refractivity contribution in [2.24, 2.45) is 0 Å². The van der Waals surface area contributed by atoms with Gasteiger partial charge in [0.15, 0.2) is 0 Å². The summed E-state index contributed by atoms with van der Waals surface area (Å²) in [4.78, 5) is 4.30. The Kier molecular flexibility index (Phi) is 4.31. The number of pyridine rings is 1. The molecule has 0 amide bonds. The predicted molar refractivity (Wildman–Crippen MR) is 72.5 cm³/mol. The van der Waals surface area contributed by atoms with Gasteiger partial charge in [-0.1, -0.05) is 36.4 Å². The van der Waals surface area contributed by atoms with Crippen molar-refractivity contribution >= 4 is 0 Å². The summed E-state index contributed by atoms with van der Waals surface area (Å²) in [5, 5.41) is 3.18. The minimum atomic E-state index is 0.306. The zero-order chi connectivity index (χ0) is 12.8. The first-order valence-electron chi connectivity index (χ1n) is 6.09. The number of nitrogens with zero attached hydrogens (tertiary/aromatic N) is 1. The molecule has 0 aliphatic heterocycles. The Hall–Kier alpha value is -1.87. The summed E-state index contributed by atoms with van der Waals surface area (Å²) in [6.07, 6.45) is 1.85. The van der Waals surface area contributed by atoms with Crippen molar-refractivity contribution in [3.05, 3.63) is 59.8 Å². The molecule has 2 rings (SSSR count). The summed E-state index contributed by atoms with van der Waals surface area (Å²) in [5.74, 6) is 0.658. The molecule has 94 valence electrons. The zero-order valence-electron chi connectivity index (χ0n) is 10.8. The lowest BCUT2D eigenvalue weighted by Gasteiger charge is -2.11. The molecular weight excluding hydrogens is 224 g/mol. The molecule has 3 nitrogen and oxygen atoms in total. The summed E-state index contributed by atoms with van der Waals surface area (Å²) in [7, 11) is 1.94. The largest absolute Gasteiger partial charge is 0.473 e. The van der Waals surface area contributed by atoms with Gasteiger partial charge in [-0.25, -0.2) is 4.98 Å². The van der Waals surface area contributed by atoms with Crippen LogP contribution in [-0.4, -0.2) is 12.0 Å². The lowest BCUT2D eigenvalue weighted by Crippen LogP contribution is -2.12. The van der Waals surface area contributed by atoms with Gasteiger partial charge in [0.1, 0.15) is 6.61 Å². The minimum absolute atomic E-state index is 0.306. The summed E-state index contributed by atoms with van der Waals surface area (Å²) >= 11 is 0. The topological polar surface area (TPSA) is 34.1 Å². The lowest BCUT2D eigenvalue weighted by molar-refractivity contribution is 0.293. The highest BCUT2D eigenvalue weighted by Crippen LogP contribution is 2.15. The van der Waals surface area contributed by atoms with Crippen molar-refractivity contribution in [2.75, 3.05) is 7.05 Å². The first-order valence-corrected chi connectivity index (χ1v) is 6.09. The number of rotatable bonds is 5. The van der Waals surface area contributed by atoms with E-state index in [0.717, 1.165) is 11.1 Å². The molecular formula is C15H18N2O. The fourth-order valence-electron chi connectivity index (χ4n) is 1.63. The number of aromatic nitrogens is 1. The molecule has 1 aromatic carbocycles. The molecule has 0 saturated carbocycles. The fourth-order valence-corrected chi connectivity index (χ4v) is 1.63. The van der Waals surface area contributed by atoms with Gasteiger partial charge in [0.05, 0.1) is 0 Å². The van der Waals surface area contributed by atoms with Crippen LogP contribution in [0.15, 0.2) is 48.7 Å². The van der Waals surface area contributed by atoms with Gasteiger partial charge in [0.25, 0.3) is 0 Å². The van der Waals surface area contributed by atoms with Crippen molar-refractivity contribution in [3.63, 3.8) is 0 Å². The van der Waals surface area contributed by atoms with Crippen LogP contribution in [-0.2, 0) is 6.61 Å². The summed E-state index contributed by atoms with van der Waals surface area (Å²) in [6.45, 7) is 2.65. The summed E-state index contributed by atoms with van der Waals surface area (Å²) in [6, 6.07) is 14.3. The molecule has 0 fully saturated rings. The van der Waals surface area contributed by atoms with Crippen molar-refractivity contribution in [1.82, 2.24) is 10.3 Å². The normalized spacial score (nSPS) is 12.1. The number of benzene rings is 1. The summed E-state index contributed by atoms with van der Waals surface area (Å²) in [5.41, 5.74) is 2.30. The van der Waals surface area contributed by atoms with Gasteiger partial charge in [-0.3, -0.25) is 0 Å². The first kappa shape index (κ1) is 12.6. The van der Waals surface area contributed by atoms with E-state index in [1.165, 1.54) is 0 Å². The number of hydrogen-bond acceptors (Lipinski definition) is 3. The molecule has 0 aliphatic rings. The zero-order valence-corrected chi connectivity index (χ0v) is 10.8. The van der Waals surface area contributed by atoms with Gasteiger partial charge in [0, 0.05) is 18.3 Å². The van der Waals surface area contributed by atoms with Crippen LogP contribution in [0.3, 0.4) is 0 Å². The van der Waals surface area contributed by atoms with E-state index in [1.54, 1.807) is 0 Å². The monoisotopic (exact) mass is 242 g/mol. The maximum atomic E-state index is 5.63. The molecule has 0 spiro atoms. The smallest absolute Gasteiger partial charge is 0.213 e. The molecule has 0 bridgehead atoms. The van der Waals surface area contributed by atoms with Crippen LogP contribution in [0.25, 0.3) is 0 Å². The van der Waals surface area contributed by atoms with Crippen molar-refractivity contribution in [3.8, 4) is 5.88 Å². The Bertz CT molecular complexity index is 468. The van der Waals surface area contributed by atoms with E-state index in [1.807, 2.05) is 55.7 Å². The van der Waals surface area contributed by atoms with E-state index in [4.69, 9.17) is 4.74 Å². The highest BCUT2D eigenvalue weighted by Gasteiger charge is 2.03. The van der Waals surface area contributed by atoms with Crippen LogP contribution in [0, 0.1) is 0 Å². The molecule has 1 atom stereocenters. The van der Waals surface area contributed by atoms with Crippen LogP contribution in [0.4, 0.5) is 0 Å². The molecule has 1 heterocycles. The Balaban J connectivity index is 1.94. The van der Waals surface area contributed by atoms with Crippen LogP contribution in [0.5, 0.6) is 5.88 Å². The molecule has 3 heteroatoms. The third-order valence-corrected chi connectivity index (χ3v) is 2.92. The minimum Gasteiger partial charge on any atom is -0.473 e. The second-order valence-corrected chi connectivity index (χ2v) is 4.21. The van der Waals surface area contributed by atoms with Gasteiger partial charge in [0.2, 0.25) is 5.88 Å².